The number of nitrogens with zero attached hydrogens (tertiary/aromatic N) is 1. The van der Waals surface area contributed by atoms with Crippen molar-refractivity contribution in [2.75, 3.05) is 48.0 Å². The van der Waals surface area contributed by atoms with E-state index >= 15 is 0 Å². The van der Waals surface area contributed by atoms with Crippen LogP contribution in [0.2, 0.25) is 0 Å². The van der Waals surface area contributed by atoms with Crippen molar-refractivity contribution < 1.29 is 23.8 Å². The Bertz CT molecular complexity index is 619. The SMILES string of the molecule is COc1cc(C(=O)NCC(C)(C)CN(C)C)cc(OC)c1OCC(N)=O. The van der Waals surface area contributed by atoms with Gasteiger partial charge in [0.05, 0.1) is 14.2 Å². The molecule has 0 heterocycles. The Morgan fingerprint density at radius 3 is 2.12 bits per heavy atom. The van der Waals surface area contributed by atoms with Gasteiger partial charge in [0.15, 0.2) is 18.1 Å². The summed E-state index contributed by atoms with van der Waals surface area (Å²) in [6.45, 7) is 5.18. The highest BCUT2D eigenvalue weighted by molar-refractivity contribution is 5.95. The minimum Gasteiger partial charge on any atom is -0.493 e. The van der Waals surface area contributed by atoms with Gasteiger partial charge in [0.1, 0.15) is 0 Å². The van der Waals surface area contributed by atoms with E-state index in [9.17, 15) is 9.59 Å². The monoisotopic (exact) mass is 367 g/mol. The molecule has 0 spiro atoms. The first-order chi connectivity index (χ1) is 12.1. The molecule has 0 saturated heterocycles. The summed E-state index contributed by atoms with van der Waals surface area (Å²) in [6.07, 6.45) is 0. The molecule has 0 aliphatic carbocycles. The molecule has 0 aliphatic rings. The Morgan fingerprint density at radius 2 is 1.69 bits per heavy atom. The van der Waals surface area contributed by atoms with Crippen LogP contribution in [0.4, 0.5) is 0 Å². The molecule has 1 rings (SSSR count). The number of ether oxygens (including phenoxy) is 3. The van der Waals surface area contributed by atoms with E-state index in [0.29, 0.717) is 12.1 Å². The third kappa shape index (κ3) is 6.44. The number of primary amides is 1. The van der Waals surface area contributed by atoms with Gasteiger partial charge in [0, 0.05) is 18.7 Å². The van der Waals surface area contributed by atoms with Crippen molar-refractivity contribution in [1.82, 2.24) is 10.2 Å². The fraction of sp³-hybridized carbons (Fsp3) is 0.556. The van der Waals surface area contributed by atoms with Gasteiger partial charge in [-0.05, 0) is 31.6 Å². The minimum atomic E-state index is -0.626. The maximum absolute atomic E-state index is 12.5. The molecule has 1 aromatic carbocycles. The molecule has 26 heavy (non-hydrogen) atoms. The van der Waals surface area contributed by atoms with E-state index in [1.54, 1.807) is 0 Å². The smallest absolute Gasteiger partial charge is 0.255 e. The van der Waals surface area contributed by atoms with Crippen LogP contribution in [0.5, 0.6) is 17.2 Å². The number of carbonyl (C=O) groups excluding carboxylic acids is 2. The zero-order valence-corrected chi connectivity index (χ0v) is 16.3. The number of hydrogen-bond donors (Lipinski definition) is 2. The summed E-state index contributed by atoms with van der Waals surface area (Å²) >= 11 is 0. The minimum absolute atomic E-state index is 0.0854. The van der Waals surface area contributed by atoms with E-state index in [0.717, 1.165) is 6.54 Å². The van der Waals surface area contributed by atoms with Crippen molar-refractivity contribution in [3.63, 3.8) is 0 Å². The molecular weight excluding hydrogens is 338 g/mol. The topological polar surface area (TPSA) is 103 Å². The van der Waals surface area contributed by atoms with Crippen molar-refractivity contribution in [3.05, 3.63) is 17.7 Å². The Hall–Kier alpha value is -2.48. The predicted molar refractivity (Wildman–Crippen MR) is 98.9 cm³/mol. The molecule has 0 fully saturated rings. The molecule has 1 aromatic rings. The number of methoxy groups -OCH3 is 2. The van der Waals surface area contributed by atoms with E-state index < -0.39 is 5.91 Å². The van der Waals surface area contributed by atoms with Crippen LogP contribution in [-0.4, -0.2) is 64.7 Å². The Kier molecular flexibility index (Phi) is 7.70. The highest BCUT2D eigenvalue weighted by atomic mass is 16.5. The molecule has 0 atom stereocenters. The van der Waals surface area contributed by atoms with Crippen molar-refractivity contribution in [2.45, 2.75) is 13.8 Å². The zero-order chi connectivity index (χ0) is 19.9. The number of rotatable bonds is 10. The fourth-order valence-corrected chi connectivity index (χ4v) is 2.63. The number of hydrogen-bond acceptors (Lipinski definition) is 6. The second-order valence-corrected chi connectivity index (χ2v) is 7.05. The van der Waals surface area contributed by atoms with Crippen LogP contribution in [0.3, 0.4) is 0 Å². The highest BCUT2D eigenvalue weighted by Gasteiger charge is 2.22. The lowest BCUT2D eigenvalue weighted by atomic mass is 9.93. The van der Waals surface area contributed by atoms with Gasteiger partial charge in [0.2, 0.25) is 5.75 Å². The van der Waals surface area contributed by atoms with Crippen LogP contribution in [0.1, 0.15) is 24.2 Å². The van der Waals surface area contributed by atoms with E-state index in [-0.39, 0.29) is 35.2 Å². The van der Waals surface area contributed by atoms with Gasteiger partial charge >= 0.3 is 0 Å². The third-order valence-electron chi connectivity index (χ3n) is 3.55. The van der Waals surface area contributed by atoms with Gasteiger partial charge in [-0.2, -0.15) is 0 Å². The molecule has 0 aliphatic heterocycles. The van der Waals surface area contributed by atoms with Crippen LogP contribution in [-0.2, 0) is 4.79 Å². The maximum atomic E-state index is 12.5. The molecular formula is C18H29N3O5. The van der Waals surface area contributed by atoms with Gasteiger partial charge in [-0.3, -0.25) is 9.59 Å². The number of amides is 2. The lowest BCUT2D eigenvalue weighted by Gasteiger charge is -2.28. The summed E-state index contributed by atoms with van der Waals surface area (Å²) in [5.74, 6) is -0.0983. The molecule has 0 aromatic heterocycles. The van der Waals surface area contributed by atoms with Gasteiger partial charge < -0.3 is 30.2 Å². The quantitative estimate of drug-likeness (QED) is 0.636. The molecule has 0 bridgehead atoms. The fourth-order valence-electron chi connectivity index (χ4n) is 2.63. The van der Waals surface area contributed by atoms with Crippen molar-refractivity contribution in [1.29, 1.82) is 0 Å². The summed E-state index contributed by atoms with van der Waals surface area (Å²) in [4.78, 5) is 25.6. The lowest BCUT2D eigenvalue weighted by Crippen LogP contribution is -2.40. The van der Waals surface area contributed by atoms with Gasteiger partial charge in [-0.15, -0.1) is 0 Å². The van der Waals surface area contributed by atoms with Crippen LogP contribution in [0.25, 0.3) is 0 Å². The number of carbonyl (C=O) groups is 2. The Morgan fingerprint density at radius 1 is 1.15 bits per heavy atom. The normalized spacial score (nSPS) is 11.2. The average molecular weight is 367 g/mol. The van der Waals surface area contributed by atoms with Crippen LogP contribution in [0.15, 0.2) is 12.1 Å². The van der Waals surface area contributed by atoms with Crippen LogP contribution in [0, 0.1) is 5.41 Å². The highest BCUT2D eigenvalue weighted by Crippen LogP contribution is 2.38. The largest absolute Gasteiger partial charge is 0.493 e. The summed E-state index contributed by atoms with van der Waals surface area (Å²) in [6, 6.07) is 3.07. The summed E-state index contributed by atoms with van der Waals surface area (Å²) in [5, 5.41) is 2.93. The second kappa shape index (κ2) is 9.28. The van der Waals surface area contributed by atoms with E-state index in [2.05, 4.69) is 24.1 Å². The third-order valence-corrected chi connectivity index (χ3v) is 3.55. The molecule has 146 valence electrons. The molecule has 0 radical (unpaired) electrons. The van der Waals surface area contributed by atoms with E-state index in [1.165, 1.54) is 26.4 Å². The van der Waals surface area contributed by atoms with Gasteiger partial charge in [-0.1, -0.05) is 13.8 Å². The molecule has 8 nitrogen and oxygen atoms in total. The predicted octanol–water partition coefficient (Wildman–Crippen LogP) is 0.886. The van der Waals surface area contributed by atoms with E-state index in [4.69, 9.17) is 19.9 Å². The zero-order valence-electron chi connectivity index (χ0n) is 16.3. The van der Waals surface area contributed by atoms with Crippen molar-refractivity contribution in [2.24, 2.45) is 11.1 Å². The molecule has 8 heteroatoms. The molecule has 0 unspecified atom stereocenters. The van der Waals surface area contributed by atoms with Crippen LogP contribution >= 0.6 is 0 Å². The van der Waals surface area contributed by atoms with Crippen molar-refractivity contribution in [3.8, 4) is 17.2 Å². The Balaban J connectivity index is 2.98. The number of nitrogens with one attached hydrogen (secondary N) is 1. The number of benzene rings is 1. The molecule has 2 amide bonds. The van der Waals surface area contributed by atoms with Gasteiger partial charge in [-0.25, -0.2) is 0 Å². The van der Waals surface area contributed by atoms with Gasteiger partial charge in [0.25, 0.3) is 11.8 Å². The first-order valence-corrected chi connectivity index (χ1v) is 8.19. The second-order valence-electron chi connectivity index (χ2n) is 7.05. The van der Waals surface area contributed by atoms with E-state index in [1.807, 2.05) is 14.1 Å². The van der Waals surface area contributed by atoms with Crippen molar-refractivity contribution >= 4 is 11.8 Å². The maximum Gasteiger partial charge on any atom is 0.255 e. The number of nitrogens with two attached hydrogens (primary N) is 1. The first-order valence-electron chi connectivity index (χ1n) is 8.19. The molecule has 0 saturated carbocycles. The molecule has 3 N–H and O–H groups in total. The summed E-state index contributed by atoms with van der Waals surface area (Å²) in [7, 11) is 6.86. The summed E-state index contributed by atoms with van der Waals surface area (Å²) < 4.78 is 15.9. The standard InChI is InChI=1S/C18H29N3O5/c1-18(2,11-21(3)4)10-20-17(23)12-7-13(24-5)16(14(8-12)25-6)26-9-15(19)22/h7-8H,9-11H2,1-6H3,(H2,19,22)(H,20,23). The average Bonchev–Trinajstić information content (AvgIpc) is 2.55. The first kappa shape index (κ1) is 21.6. The Labute approximate surface area is 154 Å². The van der Waals surface area contributed by atoms with Crippen LogP contribution < -0.4 is 25.3 Å². The summed E-state index contributed by atoms with van der Waals surface area (Å²) in [5.41, 5.74) is 5.38. The lowest BCUT2D eigenvalue weighted by molar-refractivity contribution is -0.120.